The first-order chi connectivity index (χ1) is 14.3. The highest BCUT2D eigenvalue weighted by Gasteiger charge is 2.10. The van der Waals surface area contributed by atoms with Crippen LogP contribution in [0.15, 0.2) is 65.8 Å². The maximum atomic E-state index is 13.0. The monoisotopic (exact) mass is 629 g/mol. The molecule has 0 aliphatic heterocycles. The van der Waals surface area contributed by atoms with Gasteiger partial charge in [0.1, 0.15) is 11.6 Å². The van der Waals surface area contributed by atoms with E-state index >= 15 is 0 Å². The highest BCUT2D eigenvalue weighted by atomic mass is 127. The lowest BCUT2D eigenvalue weighted by molar-refractivity contribution is 0.0953. The number of hydrogen-bond donors (Lipinski definition) is 3. The van der Waals surface area contributed by atoms with Gasteiger partial charge in [0, 0.05) is 25.9 Å². The van der Waals surface area contributed by atoms with Gasteiger partial charge in [-0.2, -0.15) is 5.10 Å². The molecule has 0 aliphatic carbocycles. The van der Waals surface area contributed by atoms with Crippen molar-refractivity contribution in [3.05, 3.63) is 90.3 Å². The summed E-state index contributed by atoms with van der Waals surface area (Å²) in [7, 11) is 0. The molecule has 0 heterocycles. The Kier molecular flexibility index (Phi) is 7.37. The van der Waals surface area contributed by atoms with Crippen LogP contribution in [0.25, 0.3) is 0 Å². The van der Waals surface area contributed by atoms with E-state index in [1.807, 2.05) is 28.7 Å². The number of phenols is 1. The summed E-state index contributed by atoms with van der Waals surface area (Å²) >= 11 is 4.13. The summed E-state index contributed by atoms with van der Waals surface area (Å²) in [6, 6.07) is 15.0. The van der Waals surface area contributed by atoms with Gasteiger partial charge in [0.05, 0.1) is 9.78 Å². The van der Waals surface area contributed by atoms with Crippen molar-refractivity contribution in [2.45, 2.75) is 0 Å². The maximum absolute atomic E-state index is 13.0. The van der Waals surface area contributed by atoms with Crippen LogP contribution in [0.4, 0.5) is 10.1 Å². The van der Waals surface area contributed by atoms with Gasteiger partial charge in [-0.15, -0.1) is 0 Å². The third-order valence-corrected chi connectivity index (χ3v) is 5.36. The van der Waals surface area contributed by atoms with Crippen molar-refractivity contribution in [1.82, 2.24) is 5.43 Å². The number of benzene rings is 3. The molecule has 3 aromatic rings. The average molecular weight is 629 g/mol. The van der Waals surface area contributed by atoms with Crippen LogP contribution >= 0.6 is 45.2 Å². The molecule has 0 spiro atoms. The van der Waals surface area contributed by atoms with Crippen LogP contribution in [0.1, 0.15) is 26.3 Å². The summed E-state index contributed by atoms with van der Waals surface area (Å²) in [5.74, 6) is -1.25. The molecule has 0 radical (unpaired) electrons. The lowest BCUT2D eigenvalue weighted by Gasteiger charge is -2.07. The van der Waals surface area contributed by atoms with E-state index < -0.39 is 17.6 Å². The number of hydrogen-bond acceptors (Lipinski definition) is 4. The Bertz CT molecular complexity index is 1130. The van der Waals surface area contributed by atoms with Gasteiger partial charge >= 0.3 is 0 Å². The molecule has 0 bridgehead atoms. The number of anilines is 1. The fourth-order valence-corrected chi connectivity index (χ4v) is 4.34. The smallest absolute Gasteiger partial charge is 0.271 e. The third-order valence-electron chi connectivity index (χ3n) is 3.92. The number of carbonyl (C=O) groups is 2. The molecule has 0 atom stereocenters. The van der Waals surface area contributed by atoms with Crippen LogP contribution in [-0.4, -0.2) is 23.1 Å². The second kappa shape index (κ2) is 9.98. The molecule has 0 aliphatic rings. The van der Waals surface area contributed by atoms with Crippen LogP contribution in [0, 0.1) is 13.0 Å². The molecule has 3 rings (SSSR count). The molecule has 3 aromatic carbocycles. The minimum Gasteiger partial charge on any atom is -0.506 e. The lowest BCUT2D eigenvalue weighted by atomic mass is 10.1. The number of carbonyl (C=O) groups excluding carboxylic acids is 2. The molecule has 6 nitrogen and oxygen atoms in total. The second-order valence-electron chi connectivity index (χ2n) is 6.07. The van der Waals surface area contributed by atoms with Crippen LogP contribution < -0.4 is 10.7 Å². The molecular weight excluding hydrogens is 615 g/mol. The van der Waals surface area contributed by atoms with E-state index in [1.165, 1.54) is 36.5 Å². The highest BCUT2D eigenvalue weighted by molar-refractivity contribution is 14.1. The summed E-state index contributed by atoms with van der Waals surface area (Å²) in [4.78, 5) is 24.6. The summed E-state index contributed by atoms with van der Waals surface area (Å²) in [5.41, 5.74) is 3.86. The minimum absolute atomic E-state index is 0.0829. The van der Waals surface area contributed by atoms with Crippen molar-refractivity contribution >= 4 is 68.9 Å². The lowest BCUT2D eigenvalue weighted by Crippen LogP contribution is -2.18. The minimum atomic E-state index is -0.482. The van der Waals surface area contributed by atoms with Crippen molar-refractivity contribution < 1.29 is 19.1 Å². The topological polar surface area (TPSA) is 90.8 Å². The first-order valence-corrected chi connectivity index (χ1v) is 10.7. The molecule has 0 saturated carbocycles. The van der Waals surface area contributed by atoms with E-state index in [0.29, 0.717) is 20.4 Å². The number of phenolic OH excluding ortho intramolecular Hbond substituents is 1. The molecule has 0 fully saturated rings. The van der Waals surface area contributed by atoms with E-state index in [9.17, 15) is 19.1 Å². The summed E-state index contributed by atoms with van der Waals surface area (Å²) in [6.45, 7) is 0. The Hall–Kier alpha value is -2.54. The Morgan fingerprint density at radius 2 is 1.70 bits per heavy atom. The first kappa shape index (κ1) is 22.2. The molecule has 0 unspecified atom stereocenters. The summed E-state index contributed by atoms with van der Waals surface area (Å²) < 4.78 is 14.6. The maximum Gasteiger partial charge on any atom is 0.271 e. The zero-order valence-electron chi connectivity index (χ0n) is 15.2. The zero-order chi connectivity index (χ0) is 21.7. The van der Waals surface area contributed by atoms with Gasteiger partial charge in [0.2, 0.25) is 0 Å². The Balaban J connectivity index is 1.67. The van der Waals surface area contributed by atoms with Gasteiger partial charge in [-0.3, -0.25) is 9.59 Å². The number of hydrazone groups is 1. The van der Waals surface area contributed by atoms with E-state index in [1.54, 1.807) is 24.3 Å². The van der Waals surface area contributed by atoms with Crippen molar-refractivity contribution in [3.8, 4) is 5.75 Å². The predicted octanol–water partition coefficient (Wildman–Crippen LogP) is 4.76. The fourth-order valence-electron chi connectivity index (χ4n) is 2.45. The second-order valence-corrected chi connectivity index (χ2v) is 8.47. The fraction of sp³-hybridized carbons (Fsp3) is 0. The number of rotatable bonds is 5. The molecule has 2 amide bonds. The van der Waals surface area contributed by atoms with Gasteiger partial charge in [-0.25, -0.2) is 9.82 Å². The van der Waals surface area contributed by atoms with Crippen molar-refractivity contribution in [2.24, 2.45) is 5.10 Å². The van der Waals surface area contributed by atoms with Crippen LogP contribution in [0.3, 0.4) is 0 Å². The Morgan fingerprint density at radius 3 is 2.43 bits per heavy atom. The number of nitrogens with one attached hydrogen (secondary N) is 2. The highest BCUT2D eigenvalue weighted by Crippen LogP contribution is 2.25. The van der Waals surface area contributed by atoms with Crippen molar-refractivity contribution in [1.29, 1.82) is 0 Å². The normalized spacial score (nSPS) is 10.8. The van der Waals surface area contributed by atoms with Crippen molar-refractivity contribution in [2.75, 3.05) is 5.32 Å². The SMILES string of the molecule is O=C(N/N=C/c1cc(I)cc(I)c1O)c1cccc(NC(=O)c2ccc(F)cc2)c1. The average Bonchev–Trinajstić information content (AvgIpc) is 2.72. The number of aromatic hydroxyl groups is 1. The predicted molar refractivity (Wildman–Crippen MR) is 129 cm³/mol. The first-order valence-electron chi connectivity index (χ1n) is 8.52. The third kappa shape index (κ3) is 5.75. The van der Waals surface area contributed by atoms with Gasteiger partial charge in [-0.05, 0) is 99.8 Å². The quantitative estimate of drug-likeness (QED) is 0.216. The molecule has 9 heteroatoms. The standard InChI is InChI=1S/C21H14FI2N3O3/c22-15-6-4-12(5-7-15)20(29)26-17-3-1-2-13(9-17)21(30)27-25-11-14-8-16(23)10-18(24)19(14)28/h1-11,28H,(H,26,29)(H,27,30)/b25-11+. The van der Waals surface area contributed by atoms with Crippen LogP contribution in [-0.2, 0) is 0 Å². The van der Waals surface area contributed by atoms with Gasteiger partial charge < -0.3 is 10.4 Å². The zero-order valence-corrected chi connectivity index (χ0v) is 19.5. The number of amides is 2. The molecule has 0 saturated heterocycles. The van der Waals surface area contributed by atoms with Gasteiger partial charge in [0.25, 0.3) is 11.8 Å². The number of halogens is 3. The van der Waals surface area contributed by atoms with Gasteiger partial charge in [0.15, 0.2) is 0 Å². The molecule has 152 valence electrons. The molecule has 0 aromatic heterocycles. The molecular formula is C21H14FI2N3O3. The van der Waals surface area contributed by atoms with E-state index in [4.69, 9.17) is 0 Å². The van der Waals surface area contributed by atoms with Crippen LogP contribution in [0.5, 0.6) is 5.75 Å². The Labute approximate surface area is 198 Å². The molecule has 30 heavy (non-hydrogen) atoms. The van der Waals surface area contributed by atoms with E-state index in [0.717, 1.165) is 3.57 Å². The van der Waals surface area contributed by atoms with E-state index in [2.05, 4.69) is 38.4 Å². The van der Waals surface area contributed by atoms with Gasteiger partial charge in [-0.1, -0.05) is 6.07 Å². The summed E-state index contributed by atoms with van der Waals surface area (Å²) in [5, 5.41) is 16.6. The van der Waals surface area contributed by atoms with E-state index in [-0.39, 0.29) is 11.3 Å². The largest absolute Gasteiger partial charge is 0.506 e. The Morgan fingerprint density at radius 1 is 0.967 bits per heavy atom. The summed E-state index contributed by atoms with van der Waals surface area (Å²) in [6.07, 6.45) is 1.36. The van der Waals surface area contributed by atoms with Crippen molar-refractivity contribution in [3.63, 3.8) is 0 Å². The number of nitrogens with zero attached hydrogens (tertiary/aromatic N) is 1. The van der Waals surface area contributed by atoms with Crippen LogP contribution in [0.2, 0.25) is 0 Å². The molecule has 3 N–H and O–H groups in total.